The van der Waals surface area contributed by atoms with E-state index in [1.54, 1.807) is 6.20 Å². The molecule has 21 heavy (non-hydrogen) atoms. The molecule has 1 amide bonds. The van der Waals surface area contributed by atoms with Crippen molar-refractivity contribution in [2.75, 3.05) is 0 Å². The summed E-state index contributed by atoms with van der Waals surface area (Å²) in [4.78, 5) is 16.6. The van der Waals surface area contributed by atoms with Crippen LogP contribution in [0.1, 0.15) is 23.0 Å². The van der Waals surface area contributed by atoms with Gasteiger partial charge in [0.2, 0.25) is 0 Å². The minimum atomic E-state index is -0.0657. The summed E-state index contributed by atoms with van der Waals surface area (Å²) in [7, 11) is 0. The smallest absolute Gasteiger partial charge is 0.253 e. The Morgan fingerprint density at radius 1 is 1.19 bits per heavy atom. The van der Waals surface area contributed by atoms with Crippen molar-refractivity contribution in [1.82, 2.24) is 14.9 Å². The molecule has 2 heterocycles. The van der Waals surface area contributed by atoms with Crippen molar-refractivity contribution in [2.24, 2.45) is 0 Å². The van der Waals surface area contributed by atoms with Crippen molar-refractivity contribution in [3.63, 3.8) is 0 Å². The zero-order valence-electron chi connectivity index (χ0n) is 11.9. The predicted molar refractivity (Wildman–Crippen MR) is 83.0 cm³/mol. The summed E-state index contributed by atoms with van der Waals surface area (Å²) in [6.45, 7) is 3.35. The minimum Gasteiger partial charge on any atom is -0.347 e. The molecule has 0 spiro atoms. The second kappa shape index (κ2) is 5.79. The van der Waals surface area contributed by atoms with Gasteiger partial charge in [-0.1, -0.05) is 24.3 Å². The van der Waals surface area contributed by atoms with Crippen molar-refractivity contribution >= 4 is 16.8 Å². The van der Waals surface area contributed by atoms with Gasteiger partial charge in [0.25, 0.3) is 5.91 Å². The Kier molecular flexibility index (Phi) is 3.69. The van der Waals surface area contributed by atoms with Crippen LogP contribution in [0, 0.1) is 0 Å². The van der Waals surface area contributed by atoms with Crippen molar-refractivity contribution in [3.05, 3.63) is 66.1 Å². The number of aromatic nitrogens is 2. The fraction of sp³-hybridized carbons (Fsp3) is 0.176. The lowest BCUT2D eigenvalue weighted by Crippen LogP contribution is -2.23. The van der Waals surface area contributed by atoms with Crippen LogP contribution in [-0.4, -0.2) is 15.5 Å². The highest BCUT2D eigenvalue weighted by Crippen LogP contribution is 2.21. The van der Waals surface area contributed by atoms with E-state index in [1.165, 1.54) is 0 Å². The topological polar surface area (TPSA) is 46.9 Å². The van der Waals surface area contributed by atoms with Gasteiger partial charge in [-0.05, 0) is 25.1 Å². The molecule has 1 N–H and O–H groups in total. The molecule has 0 saturated heterocycles. The van der Waals surface area contributed by atoms with E-state index >= 15 is 0 Å². The first-order valence-electron chi connectivity index (χ1n) is 7.05. The maximum Gasteiger partial charge on any atom is 0.253 e. The molecule has 4 heteroatoms. The lowest BCUT2D eigenvalue weighted by molar-refractivity contribution is 0.0952. The average Bonchev–Trinajstić information content (AvgIpc) is 2.92. The van der Waals surface area contributed by atoms with E-state index in [0.717, 1.165) is 23.1 Å². The van der Waals surface area contributed by atoms with Crippen LogP contribution in [0.15, 0.2) is 54.9 Å². The lowest BCUT2D eigenvalue weighted by atomic mass is 10.1. The summed E-state index contributed by atoms with van der Waals surface area (Å²) >= 11 is 0. The Balaban J connectivity index is 1.85. The summed E-state index contributed by atoms with van der Waals surface area (Å²) in [5.74, 6) is -0.0657. The van der Waals surface area contributed by atoms with Crippen LogP contribution in [0.4, 0.5) is 0 Å². The van der Waals surface area contributed by atoms with Gasteiger partial charge >= 0.3 is 0 Å². The Labute approximate surface area is 123 Å². The molecule has 0 unspecified atom stereocenters. The first kappa shape index (κ1) is 13.4. The van der Waals surface area contributed by atoms with E-state index in [9.17, 15) is 4.79 Å². The molecule has 2 aromatic heterocycles. The SMILES string of the molecule is CCn1cc(C(=O)NCc2ccccn2)c2ccccc21. The number of hydrogen-bond acceptors (Lipinski definition) is 2. The third kappa shape index (κ3) is 2.65. The number of nitrogens with zero attached hydrogens (tertiary/aromatic N) is 2. The van der Waals surface area contributed by atoms with Crippen LogP contribution >= 0.6 is 0 Å². The molecule has 0 aliphatic carbocycles. The Hall–Kier alpha value is -2.62. The van der Waals surface area contributed by atoms with Crippen LogP contribution in [0.3, 0.4) is 0 Å². The number of hydrogen-bond donors (Lipinski definition) is 1. The molecule has 0 bridgehead atoms. The number of nitrogens with one attached hydrogen (secondary N) is 1. The van der Waals surface area contributed by atoms with Gasteiger partial charge in [-0.3, -0.25) is 9.78 Å². The summed E-state index contributed by atoms with van der Waals surface area (Å²) in [5, 5.41) is 3.91. The average molecular weight is 279 g/mol. The molecule has 3 rings (SSSR count). The number of pyridine rings is 1. The Bertz CT molecular complexity index is 762. The van der Waals surface area contributed by atoms with E-state index in [-0.39, 0.29) is 5.91 Å². The van der Waals surface area contributed by atoms with Crippen molar-refractivity contribution in [1.29, 1.82) is 0 Å². The van der Waals surface area contributed by atoms with E-state index in [2.05, 4.69) is 21.8 Å². The van der Waals surface area contributed by atoms with Gasteiger partial charge in [0.15, 0.2) is 0 Å². The molecule has 0 aliphatic heterocycles. The van der Waals surface area contributed by atoms with Gasteiger partial charge in [-0.15, -0.1) is 0 Å². The molecular weight excluding hydrogens is 262 g/mol. The second-order valence-corrected chi connectivity index (χ2v) is 4.85. The number of para-hydroxylation sites is 1. The first-order valence-corrected chi connectivity index (χ1v) is 7.05. The standard InChI is InChI=1S/C17H17N3O/c1-2-20-12-15(14-8-3-4-9-16(14)20)17(21)19-11-13-7-5-6-10-18-13/h3-10,12H,2,11H2,1H3,(H,19,21). The molecule has 0 aliphatic rings. The van der Waals surface area contributed by atoms with Crippen LogP contribution < -0.4 is 5.32 Å². The van der Waals surface area contributed by atoms with Crippen molar-refractivity contribution < 1.29 is 4.79 Å². The van der Waals surface area contributed by atoms with Crippen LogP contribution in [0.25, 0.3) is 10.9 Å². The van der Waals surface area contributed by atoms with Gasteiger partial charge in [-0.2, -0.15) is 0 Å². The Morgan fingerprint density at radius 2 is 2.00 bits per heavy atom. The van der Waals surface area contributed by atoms with Crippen LogP contribution in [-0.2, 0) is 13.1 Å². The largest absolute Gasteiger partial charge is 0.347 e. The van der Waals surface area contributed by atoms with Crippen LogP contribution in [0.5, 0.6) is 0 Å². The molecule has 1 aromatic carbocycles. The van der Waals surface area contributed by atoms with Gasteiger partial charge in [0, 0.05) is 29.8 Å². The van der Waals surface area contributed by atoms with E-state index in [4.69, 9.17) is 0 Å². The number of amides is 1. The van der Waals surface area contributed by atoms with Crippen molar-refractivity contribution in [3.8, 4) is 0 Å². The highest BCUT2D eigenvalue weighted by molar-refractivity contribution is 6.06. The number of benzene rings is 1. The molecular formula is C17H17N3O. The summed E-state index contributed by atoms with van der Waals surface area (Å²) < 4.78 is 2.09. The minimum absolute atomic E-state index is 0.0657. The number of fused-ring (bicyclic) bond motifs is 1. The number of rotatable bonds is 4. The quantitative estimate of drug-likeness (QED) is 0.798. The molecule has 0 fully saturated rings. The number of carbonyl (C=O) groups excluding carboxylic acids is 1. The third-order valence-corrected chi connectivity index (χ3v) is 3.53. The molecule has 0 atom stereocenters. The predicted octanol–water partition coefficient (Wildman–Crippen LogP) is 2.99. The number of aryl methyl sites for hydroxylation is 1. The maximum absolute atomic E-state index is 12.4. The van der Waals surface area contributed by atoms with E-state index < -0.39 is 0 Å². The third-order valence-electron chi connectivity index (χ3n) is 3.53. The van der Waals surface area contributed by atoms with Gasteiger partial charge in [0.1, 0.15) is 0 Å². The highest BCUT2D eigenvalue weighted by atomic mass is 16.1. The molecule has 0 saturated carbocycles. The van der Waals surface area contributed by atoms with Crippen LogP contribution in [0.2, 0.25) is 0 Å². The Morgan fingerprint density at radius 3 is 2.76 bits per heavy atom. The van der Waals surface area contributed by atoms with Gasteiger partial charge in [-0.25, -0.2) is 0 Å². The monoisotopic (exact) mass is 279 g/mol. The summed E-state index contributed by atoms with van der Waals surface area (Å²) in [6.07, 6.45) is 3.64. The zero-order valence-corrected chi connectivity index (χ0v) is 11.9. The molecule has 4 nitrogen and oxygen atoms in total. The normalized spacial score (nSPS) is 10.7. The molecule has 106 valence electrons. The van der Waals surface area contributed by atoms with E-state index in [1.807, 2.05) is 48.7 Å². The first-order chi connectivity index (χ1) is 10.3. The molecule has 3 aromatic rings. The fourth-order valence-electron chi connectivity index (χ4n) is 2.46. The van der Waals surface area contributed by atoms with E-state index in [0.29, 0.717) is 12.1 Å². The van der Waals surface area contributed by atoms with Gasteiger partial charge in [0.05, 0.1) is 17.8 Å². The highest BCUT2D eigenvalue weighted by Gasteiger charge is 2.13. The van der Waals surface area contributed by atoms with Crippen molar-refractivity contribution in [2.45, 2.75) is 20.0 Å². The summed E-state index contributed by atoms with van der Waals surface area (Å²) in [5.41, 5.74) is 2.65. The maximum atomic E-state index is 12.4. The number of carbonyl (C=O) groups is 1. The zero-order chi connectivity index (χ0) is 14.7. The lowest BCUT2D eigenvalue weighted by Gasteiger charge is -2.03. The second-order valence-electron chi connectivity index (χ2n) is 4.85. The molecule has 0 radical (unpaired) electrons. The van der Waals surface area contributed by atoms with Gasteiger partial charge < -0.3 is 9.88 Å². The summed E-state index contributed by atoms with van der Waals surface area (Å²) in [6, 6.07) is 13.6. The fourth-order valence-corrected chi connectivity index (χ4v) is 2.46.